The number of hydrogen-bond acceptors (Lipinski definition) is 5. The zero-order valence-electron chi connectivity index (χ0n) is 10.8. The van der Waals surface area contributed by atoms with Crippen molar-refractivity contribution in [3.05, 3.63) is 22.7 Å². The largest absolute Gasteiger partial charge is 0.339 e. The second-order valence-electron chi connectivity index (χ2n) is 5.27. The van der Waals surface area contributed by atoms with Gasteiger partial charge in [-0.2, -0.15) is 16.3 Å². The number of halogens is 1. The molecule has 2 atom stereocenters. The number of rotatable bonds is 2. The van der Waals surface area contributed by atoms with Crippen LogP contribution in [0.4, 0.5) is 0 Å². The molecular weight excluding hydrogens is 282 g/mol. The van der Waals surface area contributed by atoms with Gasteiger partial charge in [0, 0.05) is 16.5 Å². The van der Waals surface area contributed by atoms with Gasteiger partial charge in [-0.25, -0.2) is 0 Å². The molecule has 0 amide bonds. The molecule has 2 N–H and O–H groups in total. The molecule has 0 saturated heterocycles. The topological polar surface area (TPSA) is 64.9 Å². The van der Waals surface area contributed by atoms with E-state index in [1.807, 2.05) is 16.8 Å². The highest BCUT2D eigenvalue weighted by Crippen LogP contribution is 2.38. The van der Waals surface area contributed by atoms with Gasteiger partial charge in [0.15, 0.2) is 0 Å². The van der Waals surface area contributed by atoms with Crippen LogP contribution in [0.2, 0.25) is 0 Å². The molecule has 2 aromatic rings. The number of nitrogens with zero attached hydrogens (tertiary/aromatic N) is 2. The van der Waals surface area contributed by atoms with E-state index in [0.29, 0.717) is 11.7 Å². The summed E-state index contributed by atoms with van der Waals surface area (Å²) in [5, 5.41) is 8.10. The molecular formula is C13H18ClN3OS. The zero-order chi connectivity index (χ0) is 12.6. The Hall–Kier alpha value is -0.910. The van der Waals surface area contributed by atoms with Gasteiger partial charge in [0.2, 0.25) is 11.7 Å². The average molecular weight is 300 g/mol. The van der Waals surface area contributed by atoms with E-state index in [1.54, 1.807) is 11.3 Å². The van der Waals surface area contributed by atoms with Crippen LogP contribution >= 0.6 is 23.7 Å². The quantitative estimate of drug-likeness (QED) is 0.920. The Labute approximate surface area is 122 Å². The van der Waals surface area contributed by atoms with Gasteiger partial charge in [0.05, 0.1) is 5.92 Å². The van der Waals surface area contributed by atoms with Gasteiger partial charge in [-0.15, -0.1) is 12.4 Å². The number of aromatic nitrogens is 2. The van der Waals surface area contributed by atoms with Crippen molar-refractivity contribution >= 4 is 23.7 Å². The first kappa shape index (κ1) is 14.5. The minimum atomic E-state index is -0.225. The first-order valence-electron chi connectivity index (χ1n) is 6.32. The summed E-state index contributed by atoms with van der Waals surface area (Å²) in [6, 6.07) is 2.00. The first-order chi connectivity index (χ1) is 8.67. The molecule has 2 heterocycles. The molecule has 0 aliphatic heterocycles. The van der Waals surface area contributed by atoms with Crippen molar-refractivity contribution in [2.75, 3.05) is 0 Å². The normalized spacial score (nSPS) is 26.9. The Morgan fingerprint density at radius 1 is 1.47 bits per heavy atom. The van der Waals surface area contributed by atoms with Gasteiger partial charge in [0.25, 0.3) is 0 Å². The maximum atomic E-state index is 6.36. The fraction of sp³-hybridized carbons (Fsp3) is 0.538. The van der Waals surface area contributed by atoms with Gasteiger partial charge in [0.1, 0.15) is 0 Å². The summed E-state index contributed by atoms with van der Waals surface area (Å²) in [6.07, 6.45) is 4.44. The van der Waals surface area contributed by atoms with Crippen LogP contribution in [-0.4, -0.2) is 15.7 Å². The summed E-state index contributed by atoms with van der Waals surface area (Å²) in [5.74, 6) is 1.56. The van der Waals surface area contributed by atoms with E-state index in [9.17, 15) is 0 Å². The maximum Gasteiger partial charge on any atom is 0.231 e. The van der Waals surface area contributed by atoms with Crippen LogP contribution in [-0.2, 0) is 0 Å². The van der Waals surface area contributed by atoms with Crippen LogP contribution in [0.5, 0.6) is 0 Å². The Balaban J connectivity index is 0.00000133. The summed E-state index contributed by atoms with van der Waals surface area (Å²) in [4.78, 5) is 4.52. The van der Waals surface area contributed by atoms with Gasteiger partial charge < -0.3 is 10.3 Å². The molecule has 3 rings (SSSR count). The Bertz CT molecular complexity index is 524. The molecule has 0 bridgehead atoms. The Morgan fingerprint density at radius 2 is 2.32 bits per heavy atom. The molecule has 0 radical (unpaired) electrons. The lowest BCUT2D eigenvalue weighted by Crippen LogP contribution is -2.44. The summed E-state index contributed by atoms with van der Waals surface area (Å²) >= 11 is 1.63. The molecule has 1 aliphatic rings. The maximum absolute atomic E-state index is 6.36. The Kier molecular flexibility index (Phi) is 4.28. The number of nitrogens with two attached hydrogens (primary N) is 1. The highest BCUT2D eigenvalue weighted by atomic mass is 35.5. The number of hydrogen-bond donors (Lipinski definition) is 1. The summed E-state index contributed by atoms with van der Waals surface area (Å²) < 4.78 is 5.43. The fourth-order valence-corrected chi connectivity index (χ4v) is 3.28. The van der Waals surface area contributed by atoms with Crippen molar-refractivity contribution in [2.45, 2.75) is 44.1 Å². The van der Waals surface area contributed by atoms with Crippen molar-refractivity contribution in [3.8, 4) is 11.4 Å². The minimum absolute atomic E-state index is 0. The SMILES string of the molecule is CC1(N)CCCCC1c1nc(-c2ccsc2)no1.Cl. The van der Waals surface area contributed by atoms with E-state index < -0.39 is 0 Å². The van der Waals surface area contributed by atoms with Crippen LogP contribution < -0.4 is 5.73 Å². The second kappa shape index (κ2) is 5.61. The zero-order valence-corrected chi connectivity index (χ0v) is 12.5. The summed E-state index contributed by atoms with van der Waals surface area (Å²) in [7, 11) is 0. The van der Waals surface area contributed by atoms with Gasteiger partial charge >= 0.3 is 0 Å². The van der Waals surface area contributed by atoms with Gasteiger partial charge in [-0.3, -0.25) is 0 Å². The van der Waals surface area contributed by atoms with E-state index in [-0.39, 0.29) is 23.9 Å². The smallest absolute Gasteiger partial charge is 0.231 e. The monoisotopic (exact) mass is 299 g/mol. The lowest BCUT2D eigenvalue weighted by Gasteiger charge is -2.35. The molecule has 1 saturated carbocycles. The van der Waals surface area contributed by atoms with Crippen LogP contribution in [0, 0.1) is 0 Å². The molecule has 19 heavy (non-hydrogen) atoms. The summed E-state index contributed by atoms with van der Waals surface area (Å²) in [5.41, 5.74) is 7.15. The van der Waals surface area contributed by atoms with Crippen molar-refractivity contribution in [3.63, 3.8) is 0 Å². The average Bonchev–Trinajstić information content (AvgIpc) is 2.99. The molecule has 4 nitrogen and oxygen atoms in total. The minimum Gasteiger partial charge on any atom is -0.339 e. The number of thiophene rings is 1. The van der Waals surface area contributed by atoms with Crippen molar-refractivity contribution in [1.29, 1.82) is 0 Å². The Morgan fingerprint density at radius 3 is 3.00 bits per heavy atom. The van der Waals surface area contributed by atoms with E-state index in [2.05, 4.69) is 17.1 Å². The van der Waals surface area contributed by atoms with Crippen molar-refractivity contribution in [1.82, 2.24) is 10.1 Å². The molecule has 0 aromatic carbocycles. The highest BCUT2D eigenvalue weighted by molar-refractivity contribution is 7.08. The lowest BCUT2D eigenvalue weighted by atomic mass is 9.74. The molecule has 1 aliphatic carbocycles. The van der Waals surface area contributed by atoms with E-state index >= 15 is 0 Å². The van der Waals surface area contributed by atoms with Gasteiger partial charge in [-0.05, 0) is 31.2 Å². The lowest BCUT2D eigenvalue weighted by molar-refractivity contribution is 0.223. The molecule has 2 unspecified atom stereocenters. The molecule has 104 valence electrons. The molecule has 2 aromatic heterocycles. The predicted molar refractivity (Wildman–Crippen MR) is 78.7 cm³/mol. The van der Waals surface area contributed by atoms with Crippen molar-refractivity contribution in [2.24, 2.45) is 5.73 Å². The molecule has 0 spiro atoms. The third-order valence-electron chi connectivity index (χ3n) is 3.77. The third-order valence-corrected chi connectivity index (χ3v) is 4.46. The van der Waals surface area contributed by atoms with E-state index in [4.69, 9.17) is 10.3 Å². The molecule has 6 heteroatoms. The van der Waals surface area contributed by atoms with Crippen LogP contribution in [0.15, 0.2) is 21.3 Å². The van der Waals surface area contributed by atoms with Gasteiger partial charge in [-0.1, -0.05) is 18.0 Å². The fourth-order valence-electron chi connectivity index (χ4n) is 2.65. The van der Waals surface area contributed by atoms with E-state index in [0.717, 1.165) is 18.4 Å². The third kappa shape index (κ3) is 2.83. The molecule has 1 fully saturated rings. The predicted octanol–water partition coefficient (Wildman–Crippen LogP) is 3.59. The summed E-state index contributed by atoms with van der Waals surface area (Å²) in [6.45, 7) is 2.09. The van der Waals surface area contributed by atoms with Crippen LogP contribution in [0.3, 0.4) is 0 Å². The second-order valence-corrected chi connectivity index (χ2v) is 6.05. The van der Waals surface area contributed by atoms with Crippen molar-refractivity contribution < 1.29 is 4.52 Å². The van der Waals surface area contributed by atoms with E-state index in [1.165, 1.54) is 12.8 Å². The van der Waals surface area contributed by atoms with Crippen LogP contribution in [0.1, 0.15) is 44.4 Å². The highest BCUT2D eigenvalue weighted by Gasteiger charge is 2.37. The standard InChI is InChI=1S/C13H17N3OS.ClH/c1-13(14)6-3-2-4-10(13)12-15-11(16-17-12)9-5-7-18-8-9;/h5,7-8,10H,2-4,6,14H2,1H3;1H. The first-order valence-corrected chi connectivity index (χ1v) is 7.26. The van der Waals surface area contributed by atoms with Crippen LogP contribution in [0.25, 0.3) is 11.4 Å².